The molecular weight excluding hydrogens is 1160 g/mol. The topological polar surface area (TPSA) is 194 Å². The zero-order valence-corrected chi connectivity index (χ0v) is 55.6. The van der Waals surface area contributed by atoms with Gasteiger partial charge in [0.25, 0.3) is 11.8 Å². The third-order valence-electron chi connectivity index (χ3n) is 17.3. The van der Waals surface area contributed by atoms with E-state index in [1.54, 1.807) is 50.6 Å². The molecule has 3 aliphatic heterocycles. The van der Waals surface area contributed by atoms with Crippen LogP contribution in [0.4, 0.5) is 32.3 Å². The molecule has 0 atom stereocenters. The van der Waals surface area contributed by atoms with Crippen LogP contribution in [0.15, 0.2) is 121 Å². The van der Waals surface area contributed by atoms with E-state index in [1.807, 2.05) is 124 Å². The van der Waals surface area contributed by atoms with Crippen LogP contribution in [-0.2, 0) is 17.8 Å². The molecule has 0 unspecified atom stereocenters. The zero-order valence-electron chi connectivity index (χ0n) is 55.6. The highest BCUT2D eigenvalue weighted by atomic mass is 16.5. The molecule has 494 valence electrons. The van der Waals surface area contributed by atoms with Crippen molar-refractivity contribution >= 4 is 46.6 Å². The Morgan fingerprint density at radius 3 is 1.52 bits per heavy atom. The Bertz CT molecular complexity index is 3320. The lowest BCUT2D eigenvalue weighted by Crippen LogP contribution is -2.38. The van der Waals surface area contributed by atoms with E-state index in [1.165, 1.54) is 38.8 Å². The number of piperidine rings is 2. The van der Waals surface area contributed by atoms with E-state index in [4.69, 9.17) is 28.4 Å². The normalized spacial score (nSPS) is 14.4. The third kappa shape index (κ3) is 20.3. The number of urea groups is 2. The van der Waals surface area contributed by atoms with Crippen molar-refractivity contribution in [2.45, 2.75) is 163 Å². The molecule has 0 spiro atoms. The van der Waals surface area contributed by atoms with E-state index in [0.29, 0.717) is 70.1 Å². The maximum Gasteiger partial charge on any atom is 0.319 e. The minimum Gasteiger partial charge on any atom is -0.493 e. The second-order valence-electron chi connectivity index (χ2n) is 24.1. The van der Waals surface area contributed by atoms with Crippen molar-refractivity contribution < 1.29 is 47.6 Å². The number of methoxy groups -OCH3 is 2. The van der Waals surface area contributed by atoms with E-state index >= 15 is 0 Å². The van der Waals surface area contributed by atoms with Crippen LogP contribution < -0.4 is 55.2 Å². The summed E-state index contributed by atoms with van der Waals surface area (Å²) in [7, 11) is 3.18. The fourth-order valence-corrected chi connectivity index (χ4v) is 11.7. The minimum atomic E-state index is -0.250. The lowest BCUT2D eigenvalue weighted by Gasteiger charge is -2.32. The van der Waals surface area contributed by atoms with Crippen LogP contribution in [0.5, 0.6) is 40.2 Å². The molecule has 9 rings (SSSR count). The van der Waals surface area contributed by atoms with Gasteiger partial charge in [0.05, 0.1) is 13.7 Å². The standard InChI is InChI=1S/C37H48N4O5.C37H50N4O5/c1-5-8-20-40-21-18-31(19-22-40)45-30-12-9-26(10-13-30)36(42)41-23-17-27-24-32(14-15-33(27)41)46-34-16-11-29(25-35(34)44-4)39-37(43)38-28(6-2)7-3;1-6-9-20-41-21-18-33(19-22-41)45-32-14-10-27(11-15-32)36(42)38-30-12-16-34(26(4)23-30)46-35-17-13-31(24-28(35)25-44-5)40-37(43)39-29(7-2)8-3/h9-16,24-25,28,31H,5-8,17-23H2,1-4H3,(H2,38,39,43);10-17,23-24,29,33H,6-9,18-22,25H2,1-5H3,(H,38,42)(H2,39,40,43). The van der Waals surface area contributed by atoms with Gasteiger partial charge in [-0.05, 0) is 217 Å². The van der Waals surface area contributed by atoms with Gasteiger partial charge >= 0.3 is 12.1 Å². The fraction of sp³-hybridized carbons (Fsp3) is 0.459. The quantitative estimate of drug-likeness (QED) is 0.0313. The van der Waals surface area contributed by atoms with Crippen molar-refractivity contribution in [2.75, 3.05) is 80.9 Å². The van der Waals surface area contributed by atoms with Gasteiger partial charge in [0, 0.05) is 97.4 Å². The summed E-state index contributed by atoms with van der Waals surface area (Å²) >= 11 is 0. The molecule has 18 nitrogen and oxygen atoms in total. The molecule has 92 heavy (non-hydrogen) atoms. The minimum absolute atomic E-state index is 0.0267. The number of fused-ring (bicyclic) bond motifs is 1. The number of rotatable bonds is 28. The number of nitrogens with one attached hydrogen (secondary N) is 5. The van der Waals surface area contributed by atoms with Gasteiger partial charge in [-0.25, -0.2) is 9.59 Å². The number of hydrogen-bond donors (Lipinski definition) is 5. The van der Waals surface area contributed by atoms with Crippen LogP contribution in [0, 0.1) is 6.92 Å². The van der Waals surface area contributed by atoms with Gasteiger partial charge in [-0.3, -0.25) is 9.59 Å². The Morgan fingerprint density at radius 1 is 0.511 bits per heavy atom. The van der Waals surface area contributed by atoms with Crippen molar-refractivity contribution in [3.63, 3.8) is 0 Å². The smallest absolute Gasteiger partial charge is 0.319 e. The van der Waals surface area contributed by atoms with Crippen molar-refractivity contribution in [2.24, 2.45) is 0 Å². The fourth-order valence-electron chi connectivity index (χ4n) is 11.7. The predicted molar refractivity (Wildman–Crippen MR) is 367 cm³/mol. The van der Waals surface area contributed by atoms with Gasteiger partial charge in [-0.2, -0.15) is 0 Å². The number of unbranched alkanes of at least 4 members (excludes halogenated alkanes) is 2. The monoisotopic (exact) mass is 1260 g/mol. The first-order valence-corrected chi connectivity index (χ1v) is 33.4. The summed E-state index contributed by atoms with van der Waals surface area (Å²) in [4.78, 5) is 58.2. The van der Waals surface area contributed by atoms with E-state index in [9.17, 15) is 19.2 Å². The molecule has 0 radical (unpaired) electrons. The Labute approximate surface area is 545 Å². The van der Waals surface area contributed by atoms with Crippen LogP contribution in [0.1, 0.15) is 156 Å². The van der Waals surface area contributed by atoms with Crippen LogP contribution >= 0.6 is 0 Å². The molecule has 2 fully saturated rings. The summed E-state index contributed by atoms with van der Waals surface area (Å²) < 4.78 is 35.9. The van der Waals surface area contributed by atoms with Gasteiger partial charge < -0.3 is 69.7 Å². The summed E-state index contributed by atoms with van der Waals surface area (Å²) in [6.07, 6.45) is 13.7. The van der Waals surface area contributed by atoms with Crippen LogP contribution in [-0.4, -0.2) is 118 Å². The second kappa shape index (κ2) is 35.5. The second-order valence-corrected chi connectivity index (χ2v) is 24.1. The summed E-state index contributed by atoms with van der Waals surface area (Å²) in [6.45, 7) is 22.2. The number of carbonyl (C=O) groups is 4. The largest absolute Gasteiger partial charge is 0.493 e. The summed E-state index contributed by atoms with van der Waals surface area (Å²) in [6, 6.07) is 36.8. The molecule has 3 aliphatic rings. The van der Waals surface area contributed by atoms with Crippen molar-refractivity contribution in [3.8, 4) is 40.2 Å². The molecule has 0 aromatic heterocycles. The van der Waals surface area contributed by atoms with Crippen LogP contribution in [0.2, 0.25) is 0 Å². The van der Waals surface area contributed by atoms with Crippen LogP contribution in [0.25, 0.3) is 0 Å². The molecular formula is C74H98N8O10. The highest BCUT2D eigenvalue weighted by Gasteiger charge is 2.28. The molecule has 3 heterocycles. The molecule has 6 aromatic rings. The number of nitrogens with zero attached hydrogens (tertiary/aromatic N) is 3. The molecule has 18 heteroatoms. The number of anilines is 4. The predicted octanol–water partition coefficient (Wildman–Crippen LogP) is 15.8. The number of hydrogen-bond acceptors (Lipinski definition) is 12. The average molecular weight is 1260 g/mol. The molecule has 0 saturated carbocycles. The zero-order chi connectivity index (χ0) is 65.4. The summed E-state index contributed by atoms with van der Waals surface area (Å²) in [5.41, 5.74) is 6.73. The SMILES string of the molecule is CCCCN1CCC(Oc2ccc(C(=O)N3CCc4cc(Oc5ccc(NC(=O)NC(CC)CC)cc5OC)ccc43)cc2)CC1.CCCCN1CCC(Oc2ccc(C(=O)Nc3ccc(Oc4ccc(NC(=O)NC(CC)CC)cc4COC)c(C)c3)cc2)CC1. The Morgan fingerprint density at radius 2 is 1.01 bits per heavy atom. The van der Waals surface area contributed by atoms with Crippen molar-refractivity contribution in [1.29, 1.82) is 0 Å². The number of carbonyl (C=O) groups excluding carboxylic acids is 4. The van der Waals surface area contributed by atoms with Gasteiger partial charge in [0.2, 0.25) is 0 Å². The van der Waals surface area contributed by atoms with Gasteiger partial charge in [-0.15, -0.1) is 0 Å². The van der Waals surface area contributed by atoms with Crippen molar-refractivity contribution in [3.05, 3.63) is 149 Å². The third-order valence-corrected chi connectivity index (χ3v) is 17.3. The van der Waals surface area contributed by atoms with E-state index in [0.717, 1.165) is 118 Å². The van der Waals surface area contributed by atoms with E-state index in [2.05, 4.69) is 50.2 Å². The van der Waals surface area contributed by atoms with Gasteiger partial charge in [0.1, 0.15) is 41.0 Å². The number of benzene rings is 6. The number of aryl methyl sites for hydroxylation is 1. The van der Waals surface area contributed by atoms with E-state index in [-0.39, 0.29) is 48.2 Å². The Kier molecular flexibility index (Phi) is 26.8. The first kappa shape index (κ1) is 69.6. The molecule has 0 aliphatic carbocycles. The van der Waals surface area contributed by atoms with Gasteiger partial charge in [-0.1, -0.05) is 54.4 Å². The lowest BCUT2D eigenvalue weighted by molar-refractivity contribution is 0.0982. The first-order valence-electron chi connectivity index (χ1n) is 33.4. The lowest BCUT2D eigenvalue weighted by atomic mass is 10.1. The number of ether oxygens (including phenoxy) is 6. The highest BCUT2D eigenvalue weighted by Crippen LogP contribution is 2.39. The van der Waals surface area contributed by atoms with Gasteiger partial charge in [0.15, 0.2) is 11.5 Å². The molecule has 6 aromatic carbocycles. The average Bonchev–Trinajstić information content (AvgIpc) is 2.07. The van der Waals surface area contributed by atoms with E-state index < -0.39 is 0 Å². The Hall–Kier alpha value is -8.32. The summed E-state index contributed by atoms with van der Waals surface area (Å²) in [5, 5.41) is 14.7. The molecule has 5 N–H and O–H groups in total. The maximum atomic E-state index is 13.5. The van der Waals surface area contributed by atoms with Crippen LogP contribution in [0.3, 0.4) is 0 Å². The number of likely N-dealkylation sites (tertiary alicyclic amines) is 2. The summed E-state index contributed by atoms with van der Waals surface area (Å²) in [5.74, 6) is 4.35. The molecule has 6 amide bonds. The van der Waals surface area contributed by atoms with Crippen molar-refractivity contribution in [1.82, 2.24) is 20.4 Å². The molecule has 0 bridgehead atoms. The Balaban J connectivity index is 0.000000237. The highest BCUT2D eigenvalue weighted by molar-refractivity contribution is 6.07. The first-order chi connectivity index (χ1) is 44.7. The number of amides is 6. The maximum absolute atomic E-state index is 13.5. The molecule has 2 saturated heterocycles.